The molecule has 0 bridgehead atoms. The van der Waals surface area contributed by atoms with Crippen LogP contribution < -0.4 is 0 Å². The molecule has 0 nitrogen and oxygen atoms in total. The Morgan fingerprint density at radius 2 is 2.00 bits per heavy atom. The molecular formula is C8H17IS. The van der Waals surface area contributed by atoms with Crippen molar-refractivity contribution in [1.82, 2.24) is 0 Å². The average Bonchev–Trinajstić information content (AvgIpc) is 1.99. The van der Waals surface area contributed by atoms with Gasteiger partial charge in [-0.3, -0.25) is 0 Å². The SMILES string of the molecule is CCC(C)CCC(I)SC. The molecule has 0 fully saturated rings. The standard InChI is InChI=1S/C8H17IS/c1-4-7(2)5-6-8(9)10-3/h7-8H,4-6H2,1-3H3. The minimum atomic E-state index is 0.826. The zero-order chi connectivity index (χ0) is 7.98. The third kappa shape index (κ3) is 5.83. The van der Waals surface area contributed by atoms with Gasteiger partial charge in [0.25, 0.3) is 0 Å². The number of hydrogen-bond donors (Lipinski definition) is 0. The van der Waals surface area contributed by atoms with Crippen LogP contribution in [0.1, 0.15) is 33.1 Å². The second-order valence-corrected chi connectivity index (χ2v) is 6.13. The smallest absolute Gasteiger partial charge is 0.0561 e. The summed E-state index contributed by atoms with van der Waals surface area (Å²) >= 11 is 4.48. The molecule has 0 amide bonds. The molecule has 0 aromatic rings. The fourth-order valence-corrected chi connectivity index (χ4v) is 1.47. The predicted octanol–water partition coefficient (Wildman–Crippen LogP) is 3.94. The Bertz CT molecular complexity index is 65.7. The molecule has 0 radical (unpaired) electrons. The van der Waals surface area contributed by atoms with Crippen molar-refractivity contribution >= 4 is 34.4 Å². The summed E-state index contributed by atoms with van der Waals surface area (Å²) in [6, 6.07) is 0. The Morgan fingerprint density at radius 3 is 2.40 bits per heavy atom. The first kappa shape index (κ1) is 11.1. The zero-order valence-corrected chi connectivity index (χ0v) is 10.0. The van der Waals surface area contributed by atoms with Gasteiger partial charge in [-0.25, -0.2) is 0 Å². The van der Waals surface area contributed by atoms with E-state index in [-0.39, 0.29) is 0 Å². The Labute approximate surface area is 82.7 Å². The molecule has 0 aromatic heterocycles. The number of alkyl halides is 1. The third-order valence-electron chi connectivity index (χ3n) is 1.84. The monoisotopic (exact) mass is 272 g/mol. The Balaban J connectivity index is 3.17. The maximum atomic E-state index is 2.52. The highest BCUT2D eigenvalue weighted by molar-refractivity contribution is 14.1. The van der Waals surface area contributed by atoms with Crippen molar-refractivity contribution in [3.63, 3.8) is 0 Å². The van der Waals surface area contributed by atoms with Gasteiger partial charge in [0.05, 0.1) is 3.26 Å². The van der Waals surface area contributed by atoms with Gasteiger partial charge in [0.1, 0.15) is 0 Å². The van der Waals surface area contributed by atoms with Crippen molar-refractivity contribution in [3.05, 3.63) is 0 Å². The number of rotatable bonds is 5. The second kappa shape index (κ2) is 6.77. The summed E-state index contributed by atoms with van der Waals surface area (Å²) < 4.78 is 0.826. The van der Waals surface area contributed by atoms with Crippen LogP contribution in [0.15, 0.2) is 0 Å². The van der Waals surface area contributed by atoms with Crippen molar-refractivity contribution in [3.8, 4) is 0 Å². The van der Waals surface area contributed by atoms with E-state index in [1.165, 1.54) is 19.3 Å². The molecular weight excluding hydrogens is 255 g/mol. The van der Waals surface area contributed by atoms with Crippen LogP contribution in [-0.2, 0) is 0 Å². The van der Waals surface area contributed by atoms with Crippen molar-refractivity contribution in [2.75, 3.05) is 6.26 Å². The summed E-state index contributed by atoms with van der Waals surface area (Å²) in [6.07, 6.45) is 6.28. The highest BCUT2D eigenvalue weighted by atomic mass is 127. The van der Waals surface area contributed by atoms with Crippen LogP contribution in [0.4, 0.5) is 0 Å². The molecule has 0 aliphatic heterocycles. The van der Waals surface area contributed by atoms with Gasteiger partial charge in [0, 0.05) is 0 Å². The first-order chi connectivity index (χ1) is 4.70. The molecule has 0 aliphatic rings. The van der Waals surface area contributed by atoms with E-state index in [4.69, 9.17) is 0 Å². The van der Waals surface area contributed by atoms with Crippen molar-refractivity contribution in [1.29, 1.82) is 0 Å². The van der Waals surface area contributed by atoms with Crippen LogP contribution in [0.2, 0.25) is 0 Å². The van der Waals surface area contributed by atoms with Crippen molar-refractivity contribution in [2.45, 2.75) is 36.4 Å². The Morgan fingerprint density at radius 1 is 1.40 bits per heavy atom. The quantitative estimate of drug-likeness (QED) is 0.539. The molecule has 62 valence electrons. The molecule has 0 rings (SSSR count). The van der Waals surface area contributed by atoms with E-state index in [0.717, 1.165) is 9.17 Å². The fourth-order valence-electron chi connectivity index (χ4n) is 0.738. The van der Waals surface area contributed by atoms with Gasteiger partial charge in [-0.15, -0.1) is 0 Å². The van der Waals surface area contributed by atoms with Crippen LogP contribution in [0, 0.1) is 5.92 Å². The zero-order valence-electron chi connectivity index (χ0n) is 7.06. The molecule has 2 unspecified atom stereocenters. The molecule has 2 heteroatoms. The molecule has 0 heterocycles. The normalized spacial score (nSPS) is 16.8. The number of thioether (sulfide) groups is 1. The summed E-state index contributed by atoms with van der Waals surface area (Å²) in [6.45, 7) is 4.61. The maximum Gasteiger partial charge on any atom is 0.0561 e. The first-order valence-electron chi connectivity index (χ1n) is 3.87. The van der Waals surface area contributed by atoms with Crippen LogP contribution in [0.5, 0.6) is 0 Å². The number of halogens is 1. The second-order valence-electron chi connectivity index (χ2n) is 2.74. The molecule has 10 heavy (non-hydrogen) atoms. The molecule has 0 aliphatic carbocycles. The lowest BCUT2D eigenvalue weighted by atomic mass is 10.0. The molecule has 0 N–H and O–H groups in total. The lowest BCUT2D eigenvalue weighted by Gasteiger charge is -2.10. The minimum absolute atomic E-state index is 0.826. The summed E-state index contributed by atoms with van der Waals surface area (Å²) in [5.74, 6) is 0.921. The summed E-state index contributed by atoms with van der Waals surface area (Å²) in [5.41, 5.74) is 0. The van der Waals surface area contributed by atoms with Crippen LogP contribution >= 0.6 is 34.4 Å². The van der Waals surface area contributed by atoms with E-state index in [1.54, 1.807) is 0 Å². The van der Waals surface area contributed by atoms with E-state index in [9.17, 15) is 0 Å². The average molecular weight is 272 g/mol. The molecule has 2 atom stereocenters. The van der Waals surface area contributed by atoms with Crippen LogP contribution in [-0.4, -0.2) is 9.51 Å². The van der Waals surface area contributed by atoms with E-state index < -0.39 is 0 Å². The maximum absolute atomic E-state index is 2.52. The predicted molar refractivity (Wildman–Crippen MR) is 60.0 cm³/mol. The Hall–Kier alpha value is 1.08. The topological polar surface area (TPSA) is 0 Å². The first-order valence-corrected chi connectivity index (χ1v) is 6.40. The number of hydrogen-bond acceptors (Lipinski definition) is 1. The van der Waals surface area contributed by atoms with E-state index in [1.807, 2.05) is 11.8 Å². The fraction of sp³-hybridized carbons (Fsp3) is 1.00. The lowest BCUT2D eigenvalue weighted by molar-refractivity contribution is 0.509. The van der Waals surface area contributed by atoms with Crippen LogP contribution in [0.3, 0.4) is 0 Å². The highest BCUT2D eigenvalue weighted by Crippen LogP contribution is 2.23. The summed E-state index contributed by atoms with van der Waals surface area (Å²) in [7, 11) is 0. The minimum Gasteiger partial charge on any atom is -0.151 e. The van der Waals surface area contributed by atoms with Gasteiger partial charge in [-0.2, -0.15) is 11.8 Å². The van der Waals surface area contributed by atoms with Gasteiger partial charge in [0.15, 0.2) is 0 Å². The molecule has 0 saturated heterocycles. The Kier molecular flexibility index (Phi) is 7.50. The summed E-state index contributed by atoms with van der Waals surface area (Å²) in [5, 5.41) is 0. The van der Waals surface area contributed by atoms with Crippen LogP contribution in [0.25, 0.3) is 0 Å². The lowest BCUT2D eigenvalue weighted by Crippen LogP contribution is -1.97. The van der Waals surface area contributed by atoms with Crippen molar-refractivity contribution < 1.29 is 0 Å². The van der Waals surface area contributed by atoms with Gasteiger partial charge in [-0.1, -0.05) is 42.9 Å². The van der Waals surface area contributed by atoms with Gasteiger partial charge in [0.2, 0.25) is 0 Å². The van der Waals surface area contributed by atoms with Gasteiger partial charge >= 0.3 is 0 Å². The van der Waals surface area contributed by atoms with Gasteiger partial charge < -0.3 is 0 Å². The van der Waals surface area contributed by atoms with E-state index in [0.29, 0.717) is 0 Å². The third-order valence-corrected chi connectivity index (χ3v) is 4.73. The van der Waals surface area contributed by atoms with E-state index in [2.05, 4.69) is 42.7 Å². The largest absolute Gasteiger partial charge is 0.151 e. The van der Waals surface area contributed by atoms with Crippen molar-refractivity contribution in [2.24, 2.45) is 5.92 Å². The highest BCUT2D eigenvalue weighted by Gasteiger charge is 2.03. The van der Waals surface area contributed by atoms with E-state index >= 15 is 0 Å². The molecule has 0 aromatic carbocycles. The summed E-state index contributed by atoms with van der Waals surface area (Å²) in [4.78, 5) is 0. The molecule has 0 spiro atoms. The molecule has 0 saturated carbocycles. The van der Waals surface area contributed by atoms with Gasteiger partial charge in [-0.05, 0) is 25.0 Å².